The summed E-state index contributed by atoms with van der Waals surface area (Å²) in [6.07, 6.45) is 3.83. The summed E-state index contributed by atoms with van der Waals surface area (Å²) >= 11 is 7.57. The van der Waals surface area contributed by atoms with Crippen LogP contribution in [0.1, 0.15) is 22.9 Å². The number of aliphatic hydroxyl groups excluding tert-OH is 1. The zero-order valence-electron chi connectivity index (χ0n) is 10.4. The molecule has 0 fully saturated rings. The van der Waals surface area contributed by atoms with Crippen molar-refractivity contribution in [1.82, 2.24) is 9.38 Å². The fourth-order valence-electron chi connectivity index (χ4n) is 2.15. The van der Waals surface area contributed by atoms with Crippen molar-refractivity contribution >= 4 is 27.9 Å². The molecule has 0 bridgehead atoms. The van der Waals surface area contributed by atoms with Gasteiger partial charge in [-0.25, -0.2) is 4.98 Å². The van der Waals surface area contributed by atoms with E-state index in [0.717, 1.165) is 21.8 Å². The van der Waals surface area contributed by atoms with Gasteiger partial charge in [-0.15, -0.1) is 11.3 Å². The minimum Gasteiger partial charge on any atom is -0.388 e. The monoisotopic (exact) mass is 292 g/mol. The third-order valence-electron chi connectivity index (χ3n) is 3.15. The Bertz CT molecular complexity index is 691. The van der Waals surface area contributed by atoms with Gasteiger partial charge in [-0.2, -0.15) is 0 Å². The lowest BCUT2D eigenvalue weighted by molar-refractivity contribution is 0.176. The maximum absolute atomic E-state index is 10.3. The Labute approximate surface area is 120 Å². The van der Waals surface area contributed by atoms with E-state index < -0.39 is 6.10 Å². The summed E-state index contributed by atoms with van der Waals surface area (Å²) in [7, 11) is 0. The van der Waals surface area contributed by atoms with Crippen LogP contribution in [0.5, 0.6) is 0 Å². The molecule has 2 heterocycles. The summed E-state index contributed by atoms with van der Waals surface area (Å²) in [6, 6.07) is 5.58. The van der Waals surface area contributed by atoms with E-state index in [-0.39, 0.29) is 0 Å². The Morgan fingerprint density at radius 3 is 3.11 bits per heavy atom. The molecule has 3 aromatic rings. The second-order valence-electron chi connectivity index (χ2n) is 4.55. The highest BCUT2D eigenvalue weighted by atomic mass is 35.5. The van der Waals surface area contributed by atoms with Crippen LogP contribution >= 0.6 is 22.9 Å². The molecule has 0 aliphatic heterocycles. The average molecular weight is 293 g/mol. The van der Waals surface area contributed by atoms with E-state index in [9.17, 15) is 5.11 Å². The third kappa shape index (κ3) is 2.52. The molecule has 0 saturated heterocycles. The zero-order valence-corrected chi connectivity index (χ0v) is 11.9. The normalized spacial score (nSPS) is 13.0. The molecule has 0 aliphatic rings. The van der Waals surface area contributed by atoms with E-state index in [1.165, 1.54) is 0 Å². The van der Waals surface area contributed by atoms with Crippen molar-refractivity contribution in [2.75, 3.05) is 0 Å². The van der Waals surface area contributed by atoms with E-state index in [4.69, 9.17) is 11.6 Å². The predicted octanol–water partition coefficient (Wildman–Crippen LogP) is 3.63. The third-order valence-corrected chi connectivity index (χ3v) is 4.15. The van der Waals surface area contributed by atoms with E-state index in [0.29, 0.717) is 11.4 Å². The number of benzene rings is 1. The summed E-state index contributed by atoms with van der Waals surface area (Å²) in [5.41, 5.74) is 2.79. The number of aryl methyl sites for hydroxylation is 1. The molecule has 0 saturated carbocycles. The molecule has 98 valence electrons. The lowest BCUT2D eigenvalue weighted by Gasteiger charge is -2.12. The van der Waals surface area contributed by atoms with E-state index in [2.05, 4.69) is 4.98 Å². The highest BCUT2D eigenvalue weighted by Crippen LogP contribution is 2.25. The SMILES string of the molecule is Cc1ccc(Cl)cc1C(O)Cc1cn2ccsc2n1. The molecule has 1 atom stereocenters. The maximum atomic E-state index is 10.3. The number of thiazole rings is 1. The van der Waals surface area contributed by atoms with Gasteiger partial charge in [0.15, 0.2) is 4.96 Å². The van der Waals surface area contributed by atoms with Crippen LogP contribution in [-0.4, -0.2) is 14.5 Å². The first-order valence-corrected chi connectivity index (χ1v) is 7.24. The molecule has 0 amide bonds. The molecular formula is C14H13ClN2OS. The lowest BCUT2D eigenvalue weighted by Crippen LogP contribution is -2.04. The predicted molar refractivity (Wildman–Crippen MR) is 77.9 cm³/mol. The first-order chi connectivity index (χ1) is 9.13. The topological polar surface area (TPSA) is 37.5 Å². The van der Waals surface area contributed by atoms with Crippen molar-refractivity contribution in [3.63, 3.8) is 0 Å². The summed E-state index contributed by atoms with van der Waals surface area (Å²) in [5, 5.41) is 13.0. The number of aromatic nitrogens is 2. The van der Waals surface area contributed by atoms with Gasteiger partial charge in [0.05, 0.1) is 11.8 Å². The van der Waals surface area contributed by atoms with Gasteiger partial charge in [-0.05, 0) is 30.2 Å². The first-order valence-electron chi connectivity index (χ1n) is 5.98. The van der Waals surface area contributed by atoms with Crippen LogP contribution in [0.3, 0.4) is 0 Å². The largest absolute Gasteiger partial charge is 0.388 e. The van der Waals surface area contributed by atoms with Gasteiger partial charge < -0.3 is 5.11 Å². The van der Waals surface area contributed by atoms with Crippen molar-refractivity contribution in [2.45, 2.75) is 19.4 Å². The van der Waals surface area contributed by atoms with Crippen molar-refractivity contribution in [3.8, 4) is 0 Å². The number of halogens is 1. The number of imidazole rings is 1. The standard InChI is InChI=1S/C14H13ClN2OS/c1-9-2-3-10(15)6-12(9)13(18)7-11-8-17-4-5-19-14(17)16-11/h2-6,8,13,18H,7H2,1H3. The lowest BCUT2D eigenvalue weighted by atomic mass is 10.0. The molecule has 2 aromatic heterocycles. The van der Waals surface area contributed by atoms with Crippen LogP contribution in [0.2, 0.25) is 5.02 Å². The Hall–Kier alpha value is -1.36. The maximum Gasteiger partial charge on any atom is 0.193 e. The Morgan fingerprint density at radius 1 is 1.47 bits per heavy atom. The Morgan fingerprint density at radius 2 is 2.32 bits per heavy atom. The van der Waals surface area contributed by atoms with Crippen molar-refractivity contribution in [1.29, 1.82) is 0 Å². The number of aliphatic hydroxyl groups is 1. The second kappa shape index (κ2) is 4.96. The number of nitrogens with zero attached hydrogens (tertiary/aromatic N) is 2. The summed E-state index contributed by atoms with van der Waals surface area (Å²) in [6.45, 7) is 1.97. The van der Waals surface area contributed by atoms with Gasteiger partial charge in [-0.1, -0.05) is 17.7 Å². The average Bonchev–Trinajstić information content (AvgIpc) is 2.92. The van der Waals surface area contributed by atoms with Crippen molar-refractivity contribution in [3.05, 3.63) is 57.8 Å². The van der Waals surface area contributed by atoms with Crippen LogP contribution < -0.4 is 0 Å². The molecule has 0 aliphatic carbocycles. The van der Waals surface area contributed by atoms with Gasteiger partial charge in [-0.3, -0.25) is 4.40 Å². The molecule has 5 heteroatoms. The smallest absolute Gasteiger partial charge is 0.193 e. The summed E-state index contributed by atoms with van der Waals surface area (Å²) in [4.78, 5) is 5.43. The van der Waals surface area contributed by atoms with E-state index >= 15 is 0 Å². The number of hydrogen-bond acceptors (Lipinski definition) is 3. The number of rotatable bonds is 3. The molecule has 1 aromatic carbocycles. The van der Waals surface area contributed by atoms with E-state index in [1.54, 1.807) is 11.3 Å². The molecule has 3 nitrogen and oxygen atoms in total. The highest BCUT2D eigenvalue weighted by Gasteiger charge is 2.14. The molecule has 3 rings (SSSR count). The van der Waals surface area contributed by atoms with Gasteiger partial charge in [0, 0.05) is 29.2 Å². The van der Waals surface area contributed by atoms with Crippen molar-refractivity contribution < 1.29 is 5.11 Å². The van der Waals surface area contributed by atoms with Gasteiger partial charge in [0.1, 0.15) is 0 Å². The van der Waals surface area contributed by atoms with Crippen LogP contribution in [0, 0.1) is 6.92 Å². The molecule has 0 spiro atoms. The molecule has 1 N–H and O–H groups in total. The summed E-state index contributed by atoms with van der Waals surface area (Å²) in [5.74, 6) is 0. The van der Waals surface area contributed by atoms with Crippen molar-refractivity contribution in [2.24, 2.45) is 0 Å². The molecule has 19 heavy (non-hydrogen) atoms. The van der Waals surface area contributed by atoms with Gasteiger partial charge >= 0.3 is 0 Å². The Kier molecular flexibility index (Phi) is 3.31. The van der Waals surface area contributed by atoms with Crippen LogP contribution in [0.4, 0.5) is 0 Å². The van der Waals surface area contributed by atoms with Gasteiger partial charge in [0.2, 0.25) is 0 Å². The van der Waals surface area contributed by atoms with Crippen LogP contribution in [0.15, 0.2) is 36.0 Å². The second-order valence-corrected chi connectivity index (χ2v) is 5.86. The zero-order chi connectivity index (χ0) is 13.4. The molecule has 0 radical (unpaired) electrons. The quantitative estimate of drug-likeness (QED) is 0.800. The minimum atomic E-state index is -0.580. The van der Waals surface area contributed by atoms with E-state index in [1.807, 2.05) is 47.3 Å². The van der Waals surface area contributed by atoms with Crippen LogP contribution in [0.25, 0.3) is 4.96 Å². The van der Waals surface area contributed by atoms with Gasteiger partial charge in [0.25, 0.3) is 0 Å². The molecular weight excluding hydrogens is 280 g/mol. The summed E-state index contributed by atoms with van der Waals surface area (Å²) < 4.78 is 1.97. The number of fused-ring (bicyclic) bond motifs is 1. The molecule has 1 unspecified atom stereocenters. The fourth-order valence-corrected chi connectivity index (χ4v) is 3.05. The fraction of sp³-hybridized carbons (Fsp3) is 0.214. The number of hydrogen-bond donors (Lipinski definition) is 1. The van der Waals surface area contributed by atoms with Crippen LogP contribution in [-0.2, 0) is 6.42 Å². The highest BCUT2D eigenvalue weighted by molar-refractivity contribution is 7.15. The first kappa shape index (κ1) is 12.7. The Balaban J connectivity index is 1.86. The minimum absolute atomic E-state index is 0.496.